The van der Waals surface area contributed by atoms with Crippen LogP contribution in [0, 0.1) is 0 Å². The van der Waals surface area contributed by atoms with Crippen molar-refractivity contribution in [3.8, 4) is 0 Å². The van der Waals surface area contributed by atoms with Gasteiger partial charge in [-0.05, 0) is 15.9 Å². The number of aryl methyl sites for hydroxylation is 1. The van der Waals surface area contributed by atoms with E-state index in [1.165, 1.54) is 11.7 Å². The number of rotatable bonds is 7. The van der Waals surface area contributed by atoms with Gasteiger partial charge in [-0.3, -0.25) is 0 Å². The van der Waals surface area contributed by atoms with E-state index in [4.69, 9.17) is 4.74 Å². The minimum atomic E-state index is -3.62. The van der Waals surface area contributed by atoms with Gasteiger partial charge < -0.3 is 4.74 Å². The molecule has 7 nitrogen and oxygen atoms in total. The minimum Gasteiger partial charge on any atom is -0.379 e. The fraction of sp³-hybridized carbons (Fsp3) is 0.714. The van der Waals surface area contributed by atoms with E-state index in [0.717, 1.165) is 5.33 Å². The van der Waals surface area contributed by atoms with Gasteiger partial charge in [-0.2, -0.15) is 0 Å². The van der Waals surface area contributed by atoms with Crippen molar-refractivity contribution < 1.29 is 13.2 Å². The maximum absolute atomic E-state index is 11.9. The van der Waals surface area contributed by atoms with Gasteiger partial charge in [0.15, 0.2) is 4.60 Å². The number of hydrogen-bond acceptors (Lipinski definition) is 5. The number of alkyl halides is 1. The van der Waals surface area contributed by atoms with Crippen molar-refractivity contribution in [3.05, 3.63) is 4.60 Å². The number of nitrogens with zero attached hydrogens (tertiary/aromatic N) is 3. The summed E-state index contributed by atoms with van der Waals surface area (Å²) in [6, 6.07) is 0. The molecule has 1 rings (SSSR count). The summed E-state index contributed by atoms with van der Waals surface area (Å²) in [7, 11) is -2.11. The van der Waals surface area contributed by atoms with E-state index in [9.17, 15) is 8.42 Å². The Morgan fingerprint density at radius 3 is 2.71 bits per heavy atom. The van der Waals surface area contributed by atoms with Crippen molar-refractivity contribution in [2.24, 2.45) is 7.05 Å². The zero-order valence-electron chi connectivity index (χ0n) is 9.06. The maximum atomic E-state index is 11.9. The molecule has 1 aromatic heterocycles. The number of ether oxygens (including phenoxy) is 1. The third-order valence-electron chi connectivity index (χ3n) is 1.75. The topological polar surface area (TPSA) is 86.1 Å². The van der Waals surface area contributed by atoms with Crippen LogP contribution in [0.4, 0.5) is 0 Å². The molecule has 0 unspecified atom stereocenters. The summed E-state index contributed by atoms with van der Waals surface area (Å²) < 4.78 is 32.6. The van der Waals surface area contributed by atoms with Crippen LogP contribution >= 0.6 is 31.9 Å². The van der Waals surface area contributed by atoms with Crippen LogP contribution in [0.15, 0.2) is 9.63 Å². The van der Waals surface area contributed by atoms with Crippen molar-refractivity contribution in [1.82, 2.24) is 19.7 Å². The smallest absolute Gasteiger partial charge is 0.260 e. The molecule has 0 aliphatic carbocycles. The van der Waals surface area contributed by atoms with Gasteiger partial charge in [0, 0.05) is 18.9 Å². The molecule has 0 saturated carbocycles. The van der Waals surface area contributed by atoms with Crippen LogP contribution in [0.3, 0.4) is 0 Å². The summed E-state index contributed by atoms with van der Waals surface area (Å²) in [5.74, 6) is 0. The SMILES string of the molecule is Cn1nnc(Br)c1S(=O)(=O)NCCOCCBr. The molecule has 0 amide bonds. The monoisotopic (exact) mass is 390 g/mol. The van der Waals surface area contributed by atoms with Gasteiger partial charge in [-0.1, -0.05) is 21.1 Å². The predicted molar refractivity (Wildman–Crippen MR) is 68.5 cm³/mol. The van der Waals surface area contributed by atoms with Crippen LogP contribution in [0.25, 0.3) is 0 Å². The van der Waals surface area contributed by atoms with Crippen molar-refractivity contribution in [3.63, 3.8) is 0 Å². The summed E-state index contributed by atoms with van der Waals surface area (Å²) in [5, 5.41) is 7.93. The number of halogens is 2. The third-order valence-corrected chi connectivity index (χ3v) is 4.42. The molecule has 0 saturated heterocycles. The largest absolute Gasteiger partial charge is 0.379 e. The number of aromatic nitrogens is 3. The minimum absolute atomic E-state index is 0.00186. The van der Waals surface area contributed by atoms with Gasteiger partial charge >= 0.3 is 0 Å². The lowest BCUT2D eigenvalue weighted by Gasteiger charge is -2.06. The van der Waals surface area contributed by atoms with E-state index in [1.807, 2.05) is 0 Å². The third kappa shape index (κ3) is 4.28. The van der Waals surface area contributed by atoms with E-state index >= 15 is 0 Å². The molecule has 1 N–H and O–H groups in total. The van der Waals surface area contributed by atoms with Crippen molar-refractivity contribution >= 4 is 41.9 Å². The second-order valence-electron chi connectivity index (χ2n) is 3.01. The first kappa shape index (κ1) is 15.0. The molecule has 0 radical (unpaired) electrons. The Balaban J connectivity index is 2.58. The van der Waals surface area contributed by atoms with Gasteiger partial charge in [0.2, 0.25) is 5.03 Å². The Kier molecular flexibility index (Phi) is 6.00. The molecule has 0 spiro atoms. The standard InChI is InChI=1S/C7H12Br2N4O3S/c1-13-7(6(9)11-12-13)17(14,15)10-3-5-16-4-2-8/h10H,2-5H2,1H3. The van der Waals surface area contributed by atoms with Crippen LogP contribution in [0.5, 0.6) is 0 Å². The van der Waals surface area contributed by atoms with Crippen LogP contribution in [0.2, 0.25) is 0 Å². The summed E-state index contributed by atoms with van der Waals surface area (Å²) in [4.78, 5) is 0. The molecule has 0 atom stereocenters. The fourth-order valence-electron chi connectivity index (χ4n) is 1.08. The second-order valence-corrected chi connectivity index (χ2v) is 6.23. The highest BCUT2D eigenvalue weighted by molar-refractivity contribution is 9.10. The first-order chi connectivity index (χ1) is 7.99. The lowest BCUT2D eigenvalue weighted by atomic mass is 10.7. The van der Waals surface area contributed by atoms with Crippen LogP contribution in [-0.2, 0) is 21.8 Å². The average Bonchev–Trinajstić information content (AvgIpc) is 2.58. The van der Waals surface area contributed by atoms with Gasteiger partial charge in [-0.15, -0.1) is 5.10 Å². The van der Waals surface area contributed by atoms with Gasteiger partial charge in [0.1, 0.15) is 0 Å². The molecule has 0 aromatic carbocycles. The number of hydrogen-bond donors (Lipinski definition) is 1. The predicted octanol–water partition coefficient (Wildman–Crippen LogP) is 0.267. The first-order valence-electron chi connectivity index (χ1n) is 4.67. The van der Waals surface area contributed by atoms with Crippen molar-refractivity contribution in [2.45, 2.75) is 5.03 Å². The van der Waals surface area contributed by atoms with Crippen LogP contribution in [-0.4, -0.2) is 48.5 Å². The quantitative estimate of drug-likeness (QED) is 0.532. The molecule has 1 heterocycles. The van der Waals surface area contributed by atoms with Crippen molar-refractivity contribution in [1.29, 1.82) is 0 Å². The van der Waals surface area contributed by atoms with E-state index in [1.54, 1.807) is 0 Å². The number of nitrogens with one attached hydrogen (secondary N) is 1. The van der Waals surface area contributed by atoms with Gasteiger partial charge in [0.05, 0.1) is 13.2 Å². The zero-order chi connectivity index (χ0) is 12.9. The molecular formula is C7H12Br2N4O3S. The van der Waals surface area contributed by atoms with E-state index < -0.39 is 10.0 Å². The summed E-state index contributed by atoms with van der Waals surface area (Å²) in [6.07, 6.45) is 0. The average molecular weight is 392 g/mol. The Morgan fingerprint density at radius 2 is 2.18 bits per heavy atom. The summed E-state index contributed by atoms with van der Waals surface area (Å²) in [5.41, 5.74) is 0. The summed E-state index contributed by atoms with van der Waals surface area (Å²) in [6.45, 7) is 1.05. The molecule has 0 bridgehead atoms. The number of sulfonamides is 1. The highest BCUT2D eigenvalue weighted by atomic mass is 79.9. The van der Waals surface area contributed by atoms with Gasteiger partial charge in [0.25, 0.3) is 10.0 Å². The fourth-order valence-corrected chi connectivity index (χ4v) is 3.41. The Bertz CT molecular complexity index is 442. The van der Waals surface area contributed by atoms with Crippen LogP contribution in [0.1, 0.15) is 0 Å². The molecule has 10 heteroatoms. The van der Waals surface area contributed by atoms with Crippen LogP contribution < -0.4 is 4.72 Å². The zero-order valence-corrected chi connectivity index (χ0v) is 13.0. The van der Waals surface area contributed by atoms with Gasteiger partial charge in [-0.25, -0.2) is 17.8 Å². The van der Waals surface area contributed by atoms with E-state index in [-0.39, 0.29) is 16.2 Å². The molecule has 0 fully saturated rings. The highest BCUT2D eigenvalue weighted by Crippen LogP contribution is 2.17. The maximum Gasteiger partial charge on any atom is 0.260 e. The Hall–Kier alpha value is -0.0300. The molecule has 17 heavy (non-hydrogen) atoms. The second kappa shape index (κ2) is 6.78. The Morgan fingerprint density at radius 1 is 1.47 bits per heavy atom. The normalized spacial score (nSPS) is 11.9. The molecule has 0 aliphatic heterocycles. The lowest BCUT2D eigenvalue weighted by molar-refractivity contribution is 0.156. The lowest BCUT2D eigenvalue weighted by Crippen LogP contribution is -2.29. The molecule has 98 valence electrons. The van der Waals surface area contributed by atoms with Crippen molar-refractivity contribution in [2.75, 3.05) is 25.1 Å². The summed E-state index contributed by atoms with van der Waals surface area (Å²) >= 11 is 6.24. The van der Waals surface area contributed by atoms with E-state index in [0.29, 0.717) is 13.2 Å². The van der Waals surface area contributed by atoms with E-state index in [2.05, 4.69) is 46.9 Å². The highest BCUT2D eigenvalue weighted by Gasteiger charge is 2.23. The first-order valence-corrected chi connectivity index (χ1v) is 8.07. The molecule has 0 aliphatic rings. The molecule has 1 aromatic rings. The molecular weight excluding hydrogens is 380 g/mol. The Labute approximate surface area is 116 Å².